The van der Waals surface area contributed by atoms with Gasteiger partial charge in [0.2, 0.25) is 11.8 Å². The Bertz CT molecular complexity index is 949. The molecule has 0 radical (unpaired) electrons. The lowest BCUT2D eigenvalue weighted by molar-refractivity contribution is -0.131. The summed E-state index contributed by atoms with van der Waals surface area (Å²) >= 11 is 0. The Hall–Kier alpha value is -3.48. The van der Waals surface area contributed by atoms with E-state index in [1.54, 1.807) is 41.3 Å². The molecule has 3 amide bonds. The van der Waals surface area contributed by atoms with Crippen molar-refractivity contribution < 1.29 is 19.2 Å². The molecule has 7 nitrogen and oxygen atoms in total. The summed E-state index contributed by atoms with van der Waals surface area (Å²) < 4.78 is 0. The molecule has 0 aliphatic carbocycles. The van der Waals surface area contributed by atoms with Crippen LogP contribution in [0.15, 0.2) is 54.6 Å². The molecule has 168 valence electrons. The molecule has 0 unspecified atom stereocenters. The molecule has 0 aromatic heterocycles. The van der Waals surface area contributed by atoms with E-state index in [2.05, 4.69) is 10.6 Å². The van der Waals surface area contributed by atoms with Gasteiger partial charge in [-0.25, -0.2) is 0 Å². The van der Waals surface area contributed by atoms with Crippen molar-refractivity contribution in [3.63, 3.8) is 0 Å². The smallest absolute Gasteiger partial charge is 0.251 e. The molecule has 2 N–H and O–H groups in total. The summed E-state index contributed by atoms with van der Waals surface area (Å²) in [6, 6.07) is 16.1. The van der Waals surface area contributed by atoms with Gasteiger partial charge in [-0.1, -0.05) is 48.0 Å². The van der Waals surface area contributed by atoms with Crippen molar-refractivity contribution in [1.29, 1.82) is 0 Å². The van der Waals surface area contributed by atoms with Crippen LogP contribution in [0, 0.1) is 6.92 Å². The van der Waals surface area contributed by atoms with E-state index in [1.807, 2.05) is 25.1 Å². The monoisotopic (exact) mass is 435 g/mol. The van der Waals surface area contributed by atoms with Crippen molar-refractivity contribution in [3.05, 3.63) is 71.3 Å². The number of amides is 3. The average molecular weight is 436 g/mol. The maximum atomic E-state index is 12.4. The van der Waals surface area contributed by atoms with E-state index in [9.17, 15) is 19.2 Å². The number of rotatable bonds is 8. The highest BCUT2D eigenvalue weighted by molar-refractivity contribution is 5.98. The number of aryl methyl sites for hydroxylation is 1. The number of Topliss-reactive ketones (excluding diaryl/α,β-unsaturated/α-hetero) is 1. The minimum atomic E-state index is -0.277. The quantitative estimate of drug-likeness (QED) is 0.623. The van der Waals surface area contributed by atoms with E-state index in [0.717, 1.165) is 5.56 Å². The Morgan fingerprint density at radius 2 is 1.53 bits per heavy atom. The highest BCUT2D eigenvalue weighted by Gasteiger charge is 2.24. The second-order valence-corrected chi connectivity index (χ2v) is 8.06. The molecule has 3 rings (SSSR count). The molecule has 0 spiro atoms. The van der Waals surface area contributed by atoms with Crippen LogP contribution in [0.3, 0.4) is 0 Å². The molecule has 1 heterocycles. The van der Waals surface area contributed by atoms with E-state index < -0.39 is 0 Å². The number of hydrogen-bond donors (Lipinski definition) is 2. The standard InChI is InChI=1S/C25H29N3O4/c1-18-7-9-19(10-8-18)22(29)11-12-23(30)27-21-13-15-28(16-14-21)24(31)17-26-25(32)20-5-3-2-4-6-20/h2-10,21H,11-17H2,1H3,(H,26,32)(H,27,30). The lowest BCUT2D eigenvalue weighted by atomic mass is 10.0. The second kappa shape index (κ2) is 11.2. The topological polar surface area (TPSA) is 95.6 Å². The van der Waals surface area contributed by atoms with Gasteiger partial charge in [0, 0.05) is 43.1 Å². The number of benzene rings is 2. The van der Waals surface area contributed by atoms with Gasteiger partial charge in [-0.15, -0.1) is 0 Å². The van der Waals surface area contributed by atoms with Gasteiger partial charge < -0.3 is 15.5 Å². The predicted octanol–water partition coefficient (Wildman–Crippen LogP) is 2.50. The van der Waals surface area contributed by atoms with E-state index in [0.29, 0.717) is 37.1 Å². The zero-order chi connectivity index (χ0) is 22.9. The van der Waals surface area contributed by atoms with Crippen molar-refractivity contribution in [2.45, 2.75) is 38.6 Å². The SMILES string of the molecule is Cc1ccc(C(=O)CCC(=O)NC2CCN(C(=O)CNC(=O)c3ccccc3)CC2)cc1. The molecule has 32 heavy (non-hydrogen) atoms. The van der Waals surface area contributed by atoms with Crippen molar-refractivity contribution in [3.8, 4) is 0 Å². The summed E-state index contributed by atoms with van der Waals surface area (Å²) in [5.41, 5.74) is 2.22. The lowest BCUT2D eigenvalue weighted by Gasteiger charge is -2.32. The first-order valence-corrected chi connectivity index (χ1v) is 10.9. The van der Waals surface area contributed by atoms with Crippen LogP contribution in [-0.4, -0.2) is 54.1 Å². The largest absolute Gasteiger partial charge is 0.353 e. The maximum Gasteiger partial charge on any atom is 0.251 e. The van der Waals surface area contributed by atoms with Crippen LogP contribution in [0.5, 0.6) is 0 Å². The van der Waals surface area contributed by atoms with Gasteiger partial charge in [-0.05, 0) is 31.9 Å². The summed E-state index contributed by atoms with van der Waals surface area (Å²) in [4.78, 5) is 50.6. The summed E-state index contributed by atoms with van der Waals surface area (Å²) in [7, 11) is 0. The average Bonchev–Trinajstić information content (AvgIpc) is 2.82. The molecule has 0 atom stereocenters. The molecule has 1 fully saturated rings. The minimum Gasteiger partial charge on any atom is -0.353 e. The Balaban J connectivity index is 1.34. The van der Waals surface area contributed by atoms with E-state index in [1.165, 1.54) is 0 Å². The fourth-order valence-electron chi connectivity index (χ4n) is 3.64. The van der Waals surface area contributed by atoms with Gasteiger partial charge >= 0.3 is 0 Å². The number of piperidine rings is 1. The normalized spacial score (nSPS) is 14.0. The third kappa shape index (κ3) is 6.77. The number of carbonyl (C=O) groups is 4. The highest BCUT2D eigenvalue weighted by Crippen LogP contribution is 2.12. The van der Waals surface area contributed by atoms with E-state index >= 15 is 0 Å². The molecule has 0 saturated carbocycles. The number of nitrogens with one attached hydrogen (secondary N) is 2. The summed E-state index contributed by atoms with van der Waals surface area (Å²) in [5.74, 6) is -0.604. The maximum absolute atomic E-state index is 12.4. The van der Waals surface area contributed by atoms with Crippen LogP contribution >= 0.6 is 0 Å². The molecule has 0 bridgehead atoms. The number of ketones is 1. The Labute approximate surface area is 188 Å². The zero-order valence-corrected chi connectivity index (χ0v) is 18.3. The fraction of sp³-hybridized carbons (Fsp3) is 0.360. The molecule has 7 heteroatoms. The van der Waals surface area contributed by atoms with Crippen LogP contribution in [0.1, 0.15) is 52.0 Å². The molecule has 2 aromatic carbocycles. The number of carbonyl (C=O) groups excluding carboxylic acids is 4. The number of nitrogens with zero attached hydrogens (tertiary/aromatic N) is 1. The van der Waals surface area contributed by atoms with Gasteiger partial charge in [-0.2, -0.15) is 0 Å². The minimum absolute atomic E-state index is 0.0139. The van der Waals surface area contributed by atoms with Crippen LogP contribution in [-0.2, 0) is 9.59 Å². The lowest BCUT2D eigenvalue weighted by Crippen LogP contribution is -2.49. The van der Waals surface area contributed by atoms with Crippen molar-refractivity contribution in [2.24, 2.45) is 0 Å². The van der Waals surface area contributed by atoms with Gasteiger partial charge in [0.05, 0.1) is 6.54 Å². The zero-order valence-electron chi connectivity index (χ0n) is 18.3. The summed E-state index contributed by atoms with van der Waals surface area (Å²) in [5, 5.41) is 5.62. The second-order valence-electron chi connectivity index (χ2n) is 8.06. The fourth-order valence-corrected chi connectivity index (χ4v) is 3.64. The molecular formula is C25H29N3O4. The number of hydrogen-bond acceptors (Lipinski definition) is 4. The summed E-state index contributed by atoms with van der Waals surface area (Å²) in [6.45, 7) is 2.95. The van der Waals surface area contributed by atoms with Gasteiger partial charge in [0.15, 0.2) is 5.78 Å². The first-order valence-electron chi connectivity index (χ1n) is 10.9. The predicted molar refractivity (Wildman–Crippen MR) is 121 cm³/mol. The van der Waals surface area contributed by atoms with E-state index in [4.69, 9.17) is 0 Å². The van der Waals surface area contributed by atoms with Crippen LogP contribution in [0.25, 0.3) is 0 Å². The third-order valence-corrected chi connectivity index (χ3v) is 5.60. The van der Waals surface area contributed by atoms with Gasteiger partial charge in [-0.3, -0.25) is 19.2 Å². The molecule has 2 aromatic rings. The Morgan fingerprint density at radius 1 is 0.875 bits per heavy atom. The van der Waals surface area contributed by atoms with Crippen LogP contribution < -0.4 is 10.6 Å². The highest BCUT2D eigenvalue weighted by atomic mass is 16.2. The first-order chi connectivity index (χ1) is 15.4. The summed E-state index contributed by atoms with van der Waals surface area (Å²) in [6.07, 6.45) is 1.62. The third-order valence-electron chi connectivity index (χ3n) is 5.60. The number of likely N-dealkylation sites (tertiary alicyclic amines) is 1. The molecule has 1 aliphatic rings. The van der Waals surface area contributed by atoms with E-state index in [-0.39, 0.29) is 48.9 Å². The van der Waals surface area contributed by atoms with Crippen molar-refractivity contribution >= 4 is 23.5 Å². The van der Waals surface area contributed by atoms with Crippen LogP contribution in [0.4, 0.5) is 0 Å². The molecule has 1 aliphatic heterocycles. The Kier molecular flexibility index (Phi) is 8.14. The first kappa shape index (κ1) is 23.2. The Morgan fingerprint density at radius 3 is 2.19 bits per heavy atom. The van der Waals surface area contributed by atoms with Gasteiger partial charge in [0.1, 0.15) is 0 Å². The van der Waals surface area contributed by atoms with Crippen molar-refractivity contribution in [2.75, 3.05) is 19.6 Å². The van der Waals surface area contributed by atoms with Crippen LogP contribution in [0.2, 0.25) is 0 Å². The molecule has 1 saturated heterocycles. The van der Waals surface area contributed by atoms with Crippen molar-refractivity contribution in [1.82, 2.24) is 15.5 Å². The van der Waals surface area contributed by atoms with Gasteiger partial charge in [0.25, 0.3) is 5.91 Å². The molecular weight excluding hydrogens is 406 g/mol.